The van der Waals surface area contributed by atoms with Crippen LogP contribution in [0.15, 0.2) is 41.6 Å². The first-order valence-corrected chi connectivity index (χ1v) is 7.87. The van der Waals surface area contributed by atoms with Crippen LogP contribution in [-0.4, -0.2) is 16.1 Å². The van der Waals surface area contributed by atoms with E-state index in [1.807, 2.05) is 39.0 Å². The zero-order valence-electron chi connectivity index (χ0n) is 12.2. The number of aryl methyl sites for hydroxylation is 2. The molecule has 2 aromatic rings. The summed E-state index contributed by atoms with van der Waals surface area (Å²) in [6.07, 6.45) is 1.58. The molecule has 110 valence electrons. The topological polar surface area (TPSA) is 42.0 Å². The Morgan fingerprint density at radius 1 is 1.24 bits per heavy atom. The number of hydrogen-bond acceptors (Lipinski definition) is 3. The van der Waals surface area contributed by atoms with Gasteiger partial charge in [-0.25, -0.2) is 4.98 Å². The van der Waals surface area contributed by atoms with Crippen molar-refractivity contribution in [2.24, 2.45) is 0 Å². The predicted octanol–water partition coefficient (Wildman–Crippen LogP) is 4.47. The largest absolute Gasteiger partial charge is 0.325 e. The van der Waals surface area contributed by atoms with Crippen LogP contribution in [0.2, 0.25) is 5.02 Å². The van der Waals surface area contributed by atoms with Crippen molar-refractivity contribution in [2.45, 2.75) is 31.0 Å². The van der Waals surface area contributed by atoms with Gasteiger partial charge in [-0.3, -0.25) is 4.79 Å². The molecular formula is C16H17ClN2OS. The second kappa shape index (κ2) is 6.96. The molecule has 0 bridgehead atoms. The molecule has 0 saturated carbocycles. The van der Waals surface area contributed by atoms with Crippen molar-refractivity contribution >= 4 is 35.0 Å². The maximum absolute atomic E-state index is 12.2. The third-order valence-electron chi connectivity index (χ3n) is 2.86. The number of pyridine rings is 1. The number of rotatable bonds is 4. The van der Waals surface area contributed by atoms with Gasteiger partial charge in [0.2, 0.25) is 5.91 Å². The van der Waals surface area contributed by atoms with Gasteiger partial charge in [0.15, 0.2) is 0 Å². The average Bonchev–Trinajstić information content (AvgIpc) is 2.40. The Balaban J connectivity index is 2.00. The molecule has 1 N–H and O–H groups in total. The maximum atomic E-state index is 12.2. The van der Waals surface area contributed by atoms with Crippen LogP contribution in [0.25, 0.3) is 0 Å². The number of nitrogens with one attached hydrogen (secondary N) is 1. The third-order valence-corrected chi connectivity index (χ3v) is 4.13. The normalized spacial score (nSPS) is 12.0. The van der Waals surface area contributed by atoms with E-state index in [4.69, 9.17) is 11.6 Å². The monoisotopic (exact) mass is 320 g/mol. The number of benzene rings is 1. The van der Waals surface area contributed by atoms with E-state index < -0.39 is 0 Å². The second-order valence-corrected chi connectivity index (χ2v) is 6.74. The van der Waals surface area contributed by atoms with Crippen molar-refractivity contribution in [2.75, 3.05) is 5.32 Å². The minimum Gasteiger partial charge on any atom is -0.325 e. The van der Waals surface area contributed by atoms with Crippen LogP contribution in [0.4, 0.5) is 5.69 Å². The SMILES string of the molecule is Cc1cc(C)cc(NC(=O)C(C)Sc2ccc(Cl)cn2)c1. The molecule has 0 spiro atoms. The van der Waals surface area contributed by atoms with Gasteiger partial charge in [0, 0.05) is 11.9 Å². The van der Waals surface area contributed by atoms with Crippen molar-refractivity contribution in [3.8, 4) is 0 Å². The van der Waals surface area contributed by atoms with Crippen molar-refractivity contribution in [3.63, 3.8) is 0 Å². The molecule has 0 aliphatic heterocycles. The van der Waals surface area contributed by atoms with Crippen LogP contribution in [0.3, 0.4) is 0 Å². The van der Waals surface area contributed by atoms with Crippen LogP contribution >= 0.6 is 23.4 Å². The van der Waals surface area contributed by atoms with Gasteiger partial charge in [-0.2, -0.15) is 0 Å². The molecule has 1 heterocycles. The number of amides is 1. The van der Waals surface area contributed by atoms with Crippen LogP contribution < -0.4 is 5.32 Å². The zero-order valence-corrected chi connectivity index (χ0v) is 13.8. The lowest BCUT2D eigenvalue weighted by Gasteiger charge is -2.12. The number of halogens is 1. The van der Waals surface area contributed by atoms with Crippen molar-refractivity contribution in [1.82, 2.24) is 4.98 Å². The molecule has 0 aliphatic rings. The standard InChI is InChI=1S/C16H17ClN2OS/c1-10-6-11(2)8-14(7-10)19-16(20)12(3)21-15-5-4-13(17)9-18-15/h4-9,12H,1-3H3,(H,19,20). The first kappa shape index (κ1) is 15.9. The summed E-state index contributed by atoms with van der Waals surface area (Å²) in [6, 6.07) is 9.58. The Bertz CT molecular complexity index is 623. The fourth-order valence-corrected chi connectivity index (χ4v) is 2.86. The Morgan fingerprint density at radius 2 is 1.90 bits per heavy atom. The molecule has 0 fully saturated rings. The summed E-state index contributed by atoms with van der Waals surface area (Å²) in [5.74, 6) is -0.0400. The van der Waals surface area contributed by atoms with Crippen LogP contribution in [0.1, 0.15) is 18.1 Å². The van der Waals surface area contributed by atoms with Crippen LogP contribution in [-0.2, 0) is 4.79 Å². The minimum absolute atomic E-state index is 0.0400. The van der Waals surface area contributed by atoms with E-state index in [0.29, 0.717) is 5.02 Å². The molecule has 0 aliphatic carbocycles. The van der Waals surface area contributed by atoms with E-state index in [1.54, 1.807) is 12.3 Å². The molecule has 1 aromatic heterocycles. The average molecular weight is 321 g/mol. The van der Waals surface area contributed by atoms with Crippen molar-refractivity contribution in [3.05, 3.63) is 52.7 Å². The fraction of sp³-hybridized carbons (Fsp3) is 0.250. The summed E-state index contributed by atoms with van der Waals surface area (Å²) in [4.78, 5) is 16.4. The van der Waals surface area contributed by atoms with E-state index in [-0.39, 0.29) is 11.2 Å². The molecule has 3 nitrogen and oxygen atoms in total. The van der Waals surface area contributed by atoms with Gasteiger partial charge >= 0.3 is 0 Å². The van der Waals surface area contributed by atoms with Gasteiger partial charge < -0.3 is 5.32 Å². The second-order valence-electron chi connectivity index (χ2n) is 4.94. The van der Waals surface area contributed by atoms with Gasteiger partial charge in [-0.15, -0.1) is 0 Å². The van der Waals surface area contributed by atoms with Gasteiger partial charge in [-0.1, -0.05) is 29.4 Å². The zero-order chi connectivity index (χ0) is 15.4. The number of nitrogens with zero attached hydrogens (tertiary/aromatic N) is 1. The number of anilines is 1. The Morgan fingerprint density at radius 3 is 2.48 bits per heavy atom. The van der Waals surface area contributed by atoms with Gasteiger partial charge in [0.1, 0.15) is 0 Å². The number of carbonyl (C=O) groups is 1. The third kappa shape index (κ3) is 4.76. The molecule has 0 saturated heterocycles. The molecule has 5 heteroatoms. The van der Waals surface area contributed by atoms with E-state index in [2.05, 4.69) is 16.4 Å². The number of thioether (sulfide) groups is 1. The van der Waals surface area contributed by atoms with Crippen molar-refractivity contribution in [1.29, 1.82) is 0 Å². The highest BCUT2D eigenvalue weighted by molar-refractivity contribution is 8.00. The van der Waals surface area contributed by atoms with Gasteiger partial charge in [0.05, 0.1) is 15.3 Å². The smallest absolute Gasteiger partial charge is 0.237 e. The summed E-state index contributed by atoms with van der Waals surface area (Å²) in [7, 11) is 0. The molecule has 1 atom stereocenters. The minimum atomic E-state index is -0.237. The van der Waals surface area contributed by atoms with Crippen molar-refractivity contribution < 1.29 is 4.79 Å². The Labute approximate surface area is 134 Å². The summed E-state index contributed by atoms with van der Waals surface area (Å²) in [5.41, 5.74) is 3.09. The molecular weight excluding hydrogens is 304 g/mol. The predicted molar refractivity (Wildman–Crippen MR) is 89.1 cm³/mol. The number of hydrogen-bond donors (Lipinski definition) is 1. The lowest BCUT2D eigenvalue weighted by molar-refractivity contribution is -0.115. The van der Waals surface area contributed by atoms with Crippen LogP contribution in [0.5, 0.6) is 0 Å². The molecule has 1 unspecified atom stereocenters. The summed E-state index contributed by atoms with van der Waals surface area (Å²) < 4.78 is 0. The molecule has 21 heavy (non-hydrogen) atoms. The molecule has 1 aromatic carbocycles. The van der Waals surface area contributed by atoms with E-state index in [0.717, 1.165) is 21.8 Å². The van der Waals surface area contributed by atoms with E-state index in [1.165, 1.54) is 11.8 Å². The molecule has 1 amide bonds. The number of aromatic nitrogens is 1. The Kier molecular flexibility index (Phi) is 5.26. The van der Waals surface area contributed by atoms with Gasteiger partial charge in [0.25, 0.3) is 0 Å². The Hall–Kier alpha value is -1.52. The van der Waals surface area contributed by atoms with Gasteiger partial charge in [-0.05, 0) is 56.2 Å². The lowest BCUT2D eigenvalue weighted by Crippen LogP contribution is -2.22. The highest BCUT2D eigenvalue weighted by Gasteiger charge is 2.15. The van der Waals surface area contributed by atoms with E-state index >= 15 is 0 Å². The molecule has 0 radical (unpaired) electrons. The fourth-order valence-electron chi connectivity index (χ4n) is 1.96. The quantitative estimate of drug-likeness (QED) is 0.845. The first-order valence-electron chi connectivity index (χ1n) is 6.61. The number of carbonyl (C=O) groups excluding carboxylic acids is 1. The summed E-state index contributed by atoms with van der Waals surface area (Å²) in [5, 5.41) is 4.07. The van der Waals surface area contributed by atoms with Crippen LogP contribution in [0, 0.1) is 13.8 Å². The van der Waals surface area contributed by atoms with E-state index in [9.17, 15) is 4.79 Å². The highest BCUT2D eigenvalue weighted by atomic mass is 35.5. The maximum Gasteiger partial charge on any atom is 0.237 e. The lowest BCUT2D eigenvalue weighted by atomic mass is 10.1. The summed E-state index contributed by atoms with van der Waals surface area (Å²) >= 11 is 7.20. The first-order chi connectivity index (χ1) is 9.94. The summed E-state index contributed by atoms with van der Waals surface area (Å²) in [6.45, 7) is 5.88. The molecule has 2 rings (SSSR count). The highest BCUT2D eigenvalue weighted by Crippen LogP contribution is 2.23.